The molecule has 6 nitrogen and oxygen atoms in total. The van der Waals surface area contributed by atoms with Gasteiger partial charge in [-0.2, -0.15) is 0 Å². The third kappa shape index (κ3) is 5.34. The van der Waals surface area contributed by atoms with Gasteiger partial charge in [0.1, 0.15) is 0 Å². The monoisotopic (exact) mass is 483 g/mol. The molecule has 0 unspecified atom stereocenters. The van der Waals surface area contributed by atoms with Gasteiger partial charge in [0.15, 0.2) is 15.0 Å². The second-order valence-electron chi connectivity index (χ2n) is 8.68. The number of nitrogens with zero attached hydrogens (tertiary/aromatic N) is 2. The molecule has 174 valence electrons. The molecule has 2 heterocycles. The summed E-state index contributed by atoms with van der Waals surface area (Å²) in [7, 11) is -3.24. The Labute approximate surface area is 199 Å². The molecule has 0 bridgehead atoms. The van der Waals surface area contributed by atoms with Gasteiger partial charge in [0.2, 0.25) is 5.91 Å². The van der Waals surface area contributed by atoms with Crippen molar-refractivity contribution in [3.05, 3.63) is 76.3 Å². The highest BCUT2D eigenvalue weighted by Crippen LogP contribution is 2.43. The molecule has 1 atom stereocenters. The zero-order valence-electron chi connectivity index (χ0n) is 19.1. The Bertz CT molecular complexity index is 1220. The molecule has 4 rings (SSSR count). The highest BCUT2D eigenvalue weighted by Gasteiger charge is 2.36. The number of carbonyl (C=O) groups excluding carboxylic acids is 1. The number of hydrogen-bond donors (Lipinski definition) is 1. The Balaban J connectivity index is 1.42. The van der Waals surface area contributed by atoms with E-state index in [9.17, 15) is 13.2 Å². The minimum absolute atomic E-state index is 0.0572. The Kier molecular flexibility index (Phi) is 6.97. The molecular formula is C25H29N3O3S2. The van der Waals surface area contributed by atoms with Gasteiger partial charge in [0.05, 0.1) is 28.8 Å². The highest BCUT2D eigenvalue weighted by molar-refractivity contribution is 7.91. The number of nitrogens with one attached hydrogen (secondary N) is 1. The number of anilines is 1. The number of aromatic nitrogens is 1. The van der Waals surface area contributed by atoms with E-state index in [0.29, 0.717) is 11.0 Å². The Morgan fingerprint density at radius 2 is 1.82 bits per heavy atom. The van der Waals surface area contributed by atoms with Crippen molar-refractivity contribution in [3.8, 4) is 0 Å². The van der Waals surface area contributed by atoms with Crippen molar-refractivity contribution >= 4 is 32.2 Å². The van der Waals surface area contributed by atoms with Crippen LogP contribution in [0.2, 0.25) is 0 Å². The summed E-state index contributed by atoms with van der Waals surface area (Å²) in [4.78, 5) is 21.3. The maximum atomic E-state index is 12.6. The third-order valence-electron chi connectivity index (χ3n) is 5.88. The molecule has 3 aromatic rings. The lowest BCUT2D eigenvalue weighted by molar-refractivity contribution is -0.115. The average molecular weight is 484 g/mol. The second-order valence-corrected chi connectivity index (χ2v) is 12.0. The van der Waals surface area contributed by atoms with E-state index in [4.69, 9.17) is 4.98 Å². The van der Waals surface area contributed by atoms with Crippen LogP contribution in [0.5, 0.6) is 0 Å². The summed E-state index contributed by atoms with van der Waals surface area (Å²) in [6.07, 6.45) is 0.171. The van der Waals surface area contributed by atoms with E-state index in [1.807, 2.05) is 6.07 Å². The molecule has 0 radical (unpaired) electrons. The topological polar surface area (TPSA) is 79.4 Å². The van der Waals surface area contributed by atoms with Crippen molar-refractivity contribution < 1.29 is 13.2 Å². The van der Waals surface area contributed by atoms with E-state index in [1.165, 1.54) is 10.4 Å². The number of sulfone groups is 1. The molecule has 1 aliphatic rings. The van der Waals surface area contributed by atoms with Crippen LogP contribution in [0.15, 0.2) is 59.5 Å². The molecule has 1 amide bonds. The number of carbonyl (C=O) groups is 1. The third-order valence-corrected chi connectivity index (χ3v) is 8.60. The number of thiazole rings is 1. The lowest BCUT2D eigenvalue weighted by atomic mass is 10.0. The van der Waals surface area contributed by atoms with Gasteiger partial charge in [-0.15, -0.1) is 11.3 Å². The van der Waals surface area contributed by atoms with Crippen LogP contribution in [0.4, 0.5) is 5.13 Å². The van der Waals surface area contributed by atoms with Crippen LogP contribution in [-0.4, -0.2) is 30.0 Å². The van der Waals surface area contributed by atoms with E-state index in [1.54, 1.807) is 42.5 Å². The number of fused-ring (bicyclic) bond motifs is 1. The summed E-state index contributed by atoms with van der Waals surface area (Å²) >= 11 is 1.54. The average Bonchev–Trinajstić information content (AvgIpc) is 3.31. The van der Waals surface area contributed by atoms with Gasteiger partial charge in [-0.05, 0) is 29.2 Å². The first kappa shape index (κ1) is 23.6. The normalized spacial score (nSPS) is 16.2. The minimum atomic E-state index is -3.24. The first-order valence-corrected chi connectivity index (χ1v) is 13.6. The molecule has 1 aromatic heterocycles. The number of rotatable bonds is 8. The van der Waals surface area contributed by atoms with Gasteiger partial charge in [0.25, 0.3) is 0 Å². The highest BCUT2D eigenvalue weighted by atomic mass is 32.2. The number of amides is 1. The molecule has 8 heteroatoms. The summed E-state index contributed by atoms with van der Waals surface area (Å²) in [5.41, 5.74) is 3.11. The SMILES string of the molecule is CCS(=O)(=O)c1ccc(CC(=O)Nc2nc3c(s2)CN(Cc2ccccc2)[C@H]3C(C)C)cc1. The lowest BCUT2D eigenvalue weighted by Crippen LogP contribution is -2.26. The summed E-state index contributed by atoms with van der Waals surface area (Å²) < 4.78 is 23.9. The smallest absolute Gasteiger partial charge is 0.230 e. The first-order valence-electron chi connectivity index (χ1n) is 11.2. The van der Waals surface area contributed by atoms with Crippen LogP contribution in [0, 0.1) is 5.92 Å². The van der Waals surface area contributed by atoms with Crippen molar-refractivity contribution in [1.29, 1.82) is 0 Å². The maximum Gasteiger partial charge on any atom is 0.230 e. The van der Waals surface area contributed by atoms with Gasteiger partial charge in [-0.25, -0.2) is 13.4 Å². The van der Waals surface area contributed by atoms with Gasteiger partial charge in [-0.1, -0.05) is 63.2 Å². The van der Waals surface area contributed by atoms with Crippen molar-refractivity contribution in [2.75, 3.05) is 11.1 Å². The standard InChI is InChI=1S/C25H29N3O3S2/c1-4-33(30,31)20-12-10-18(11-13-20)14-22(29)26-25-27-23-21(32-25)16-28(24(23)17(2)3)15-19-8-6-5-7-9-19/h5-13,17,24H,4,14-16H2,1-3H3,(H,26,27,29)/t24-/m0/s1. The quantitative estimate of drug-likeness (QED) is 0.496. The van der Waals surface area contributed by atoms with Crippen LogP contribution in [0.1, 0.15) is 48.5 Å². The van der Waals surface area contributed by atoms with Crippen molar-refractivity contribution in [2.45, 2.75) is 51.2 Å². The van der Waals surface area contributed by atoms with Crippen molar-refractivity contribution in [2.24, 2.45) is 5.92 Å². The summed E-state index contributed by atoms with van der Waals surface area (Å²) in [5, 5.41) is 3.56. The fourth-order valence-corrected chi connectivity index (χ4v) is 6.18. The van der Waals surface area contributed by atoms with Crippen molar-refractivity contribution in [1.82, 2.24) is 9.88 Å². The minimum Gasteiger partial charge on any atom is -0.302 e. The maximum absolute atomic E-state index is 12.6. The largest absolute Gasteiger partial charge is 0.302 e. The summed E-state index contributed by atoms with van der Waals surface area (Å²) in [6.45, 7) is 7.73. The van der Waals surface area contributed by atoms with Gasteiger partial charge in [0, 0.05) is 18.0 Å². The second kappa shape index (κ2) is 9.75. The summed E-state index contributed by atoms with van der Waals surface area (Å²) in [6, 6.07) is 17.2. The Morgan fingerprint density at radius 3 is 2.45 bits per heavy atom. The molecule has 0 fully saturated rings. The zero-order valence-corrected chi connectivity index (χ0v) is 20.7. The lowest BCUT2D eigenvalue weighted by Gasteiger charge is -2.27. The molecule has 0 saturated heterocycles. The molecule has 2 aromatic carbocycles. The molecule has 1 N–H and O–H groups in total. The Morgan fingerprint density at radius 1 is 1.12 bits per heavy atom. The molecule has 0 saturated carbocycles. The fraction of sp³-hybridized carbons (Fsp3) is 0.360. The molecule has 0 spiro atoms. The molecule has 1 aliphatic heterocycles. The predicted octanol–water partition coefficient (Wildman–Crippen LogP) is 4.83. The number of hydrogen-bond acceptors (Lipinski definition) is 6. The van der Waals surface area contributed by atoms with Gasteiger partial charge < -0.3 is 5.32 Å². The predicted molar refractivity (Wildman–Crippen MR) is 132 cm³/mol. The van der Waals surface area contributed by atoms with Crippen LogP contribution >= 0.6 is 11.3 Å². The summed E-state index contributed by atoms with van der Waals surface area (Å²) in [5.74, 6) is 0.302. The van der Waals surface area contributed by atoms with Crippen molar-refractivity contribution in [3.63, 3.8) is 0 Å². The van der Waals surface area contributed by atoms with E-state index in [-0.39, 0.29) is 29.0 Å². The van der Waals surface area contributed by atoms with E-state index >= 15 is 0 Å². The molecular weight excluding hydrogens is 454 g/mol. The van der Waals surface area contributed by atoms with Crippen LogP contribution in [0.25, 0.3) is 0 Å². The van der Waals surface area contributed by atoms with Crippen LogP contribution in [-0.2, 0) is 34.1 Å². The van der Waals surface area contributed by atoms with E-state index in [2.05, 4.69) is 48.3 Å². The van der Waals surface area contributed by atoms with E-state index in [0.717, 1.165) is 24.3 Å². The van der Waals surface area contributed by atoms with Crippen LogP contribution in [0.3, 0.4) is 0 Å². The van der Waals surface area contributed by atoms with Gasteiger partial charge >= 0.3 is 0 Å². The van der Waals surface area contributed by atoms with E-state index < -0.39 is 9.84 Å². The Hall–Kier alpha value is -2.55. The first-order chi connectivity index (χ1) is 15.8. The number of benzene rings is 2. The zero-order chi connectivity index (χ0) is 23.6. The van der Waals surface area contributed by atoms with Crippen LogP contribution < -0.4 is 5.32 Å². The molecule has 0 aliphatic carbocycles. The molecule has 33 heavy (non-hydrogen) atoms. The van der Waals surface area contributed by atoms with Gasteiger partial charge in [-0.3, -0.25) is 9.69 Å². The fourth-order valence-electron chi connectivity index (χ4n) is 4.26.